The highest BCUT2D eigenvalue weighted by Gasteiger charge is 2.20. The number of pyridine rings is 1. The van der Waals surface area contributed by atoms with Crippen LogP contribution >= 0.6 is 0 Å². The number of carbonyl (C=O) groups is 2. The van der Waals surface area contributed by atoms with Crippen LogP contribution in [0.25, 0.3) is 0 Å². The summed E-state index contributed by atoms with van der Waals surface area (Å²) < 4.78 is 0. The van der Waals surface area contributed by atoms with Gasteiger partial charge in [0.05, 0.1) is 18.3 Å². The average molecular weight is 293 g/mol. The van der Waals surface area contributed by atoms with Crippen LogP contribution in [0.15, 0.2) is 24.5 Å². The Morgan fingerprint density at radius 2 is 2.14 bits per heavy atom. The monoisotopic (exact) mass is 293 g/mol. The van der Waals surface area contributed by atoms with E-state index in [1.54, 1.807) is 18.3 Å². The van der Waals surface area contributed by atoms with Crippen molar-refractivity contribution in [3.05, 3.63) is 24.5 Å². The topological polar surface area (TPSA) is 91.3 Å². The van der Waals surface area contributed by atoms with Gasteiger partial charge in [0.25, 0.3) is 0 Å². The van der Waals surface area contributed by atoms with E-state index >= 15 is 0 Å². The van der Waals surface area contributed by atoms with E-state index in [4.69, 9.17) is 5.11 Å². The number of anilines is 1. The van der Waals surface area contributed by atoms with Crippen LogP contribution in [0.5, 0.6) is 0 Å². The number of carboxylic acids is 1. The second-order valence-electron chi connectivity index (χ2n) is 4.90. The third kappa shape index (κ3) is 7.41. The minimum absolute atomic E-state index is 0.0992. The van der Waals surface area contributed by atoms with Crippen molar-refractivity contribution < 1.29 is 14.7 Å². The van der Waals surface area contributed by atoms with E-state index in [1.807, 2.05) is 0 Å². The molecule has 6 heteroatoms. The lowest BCUT2D eigenvalue weighted by Crippen LogP contribution is -2.40. The molecule has 1 unspecified atom stereocenters. The van der Waals surface area contributed by atoms with Gasteiger partial charge in [-0.05, 0) is 25.1 Å². The van der Waals surface area contributed by atoms with Gasteiger partial charge in [0.2, 0.25) is 5.91 Å². The second-order valence-corrected chi connectivity index (χ2v) is 4.90. The molecular formula is C15H23N3O3. The van der Waals surface area contributed by atoms with Crippen molar-refractivity contribution >= 4 is 17.6 Å². The van der Waals surface area contributed by atoms with Crippen LogP contribution in [0, 0.1) is 0 Å². The van der Waals surface area contributed by atoms with E-state index < -0.39 is 12.0 Å². The van der Waals surface area contributed by atoms with Crippen molar-refractivity contribution in [1.82, 2.24) is 10.3 Å². The second kappa shape index (κ2) is 9.88. The molecule has 0 aliphatic rings. The van der Waals surface area contributed by atoms with Gasteiger partial charge in [-0.25, -0.2) is 0 Å². The lowest BCUT2D eigenvalue weighted by atomic mass is 10.1. The predicted octanol–water partition coefficient (Wildman–Crippen LogP) is 2.03. The molecule has 0 spiro atoms. The Kier molecular flexibility index (Phi) is 8.04. The standard InChI is InChI=1S/C15H23N3O3/c1-2-3-4-5-9-17-13(15(20)21)10-14(19)18-12-7-6-8-16-11-12/h6-8,11,13,17H,2-5,9-10H2,1H3,(H,18,19)(H,20,21). The normalized spacial score (nSPS) is 11.9. The van der Waals surface area contributed by atoms with E-state index in [9.17, 15) is 9.59 Å². The Morgan fingerprint density at radius 1 is 1.33 bits per heavy atom. The van der Waals surface area contributed by atoms with E-state index in [2.05, 4.69) is 22.5 Å². The summed E-state index contributed by atoms with van der Waals surface area (Å²) in [5, 5.41) is 14.7. The Bertz CT molecular complexity index is 437. The lowest BCUT2D eigenvalue weighted by molar-refractivity contribution is -0.141. The summed E-state index contributed by atoms with van der Waals surface area (Å²) in [7, 11) is 0. The number of hydrogen-bond acceptors (Lipinski definition) is 4. The third-order valence-electron chi connectivity index (χ3n) is 3.05. The van der Waals surface area contributed by atoms with E-state index in [-0.39, 0.29) is 12.3 Å². The summed E-state index contributed by atoms with van der Waals surface area (Å²) >= 11 is 0. The molecule has 0 aliphatic carbocycles. The minimum Gasteiger partial charge on any atom is -0.480 e. The van der Waals surface area contributed by atoms with Crippen LogP contribution in [0.4, 0.5) is 5.69 Å². The van der Waals surface area contributed by atoms with Crippen LogP contribution in [-0.2, 0) is 9.59 Å². The van der Waals surface area contributed by atoms with Crippen molar-refractivity contribution in [2.75, 3.05) is 11.9 Å². The van der Waals surface area contributed by atoms with Gasteiger partial charge in [-0.2, -0.15) is 0 Å². The number of rotatable bonds is 10. The zero-order valence-corrected chi connectivity index (χ0v) is 12.3. The molecule has 3 N–H and O–H groups in total. The highest BCUT2D eigenvalue weighted by Crippen LogP contribution is 2.05. The van der Waals surface area contributed by atoms with E-state index in [0.717, 1.165) is 25.7 Å². The van der Waals surface area contributed by atoms with Crippen molar-refractivity contribution in [1.29, 1.82) is 0 Å². The first-order valence-electron chi connectivity index (χ1n) is 7.29. The van der Waals surface area contributed by atoms with Crippen molar-refractivity contribution in [3.63, 3.8) is 0 Å². The maximum Gasteiger partial charge on any atom is 0.321 e. The number of nitrogens with zero attached hydrogens (tertiary/aromatic N) is 1. The highest BCUT2D eigenvalue weighted by molar-refractivity contribution is 5.93. The first-order chi connectivity index (χ1) is 10.1. The molecule has 1 atom stereocenters. The molecular weight excluding hydrogens is 270 g/mol. The first-order valence-corrected chi connectivity index (χ1v) is 7.29. The molecule has 1 amide bonds. The third-order valence-corrected chi connectivity index (χ3v) is 3.05. The number of nitrogens with one attached hydrogen (secondary N) is 2. The zero-order chi connectivity index (χ0) is 15.5. The fourth-order valence-corrected chi connectivity index (χ4v) is 1.91. The summed E-state index contributed by atoms with van der Waals surface area (Å²) in [5.74, 6) is -1.34. The number of aromatic nitrogens is 1. The summed E-state index contributed by atoms with van der Waals surface area (Å²) in [4.78, 5) is 26.9. The zero-order valence-electron chi connectivity index (χ0n) is 12.3. The lowest BCUT2D eigenvalue weighted by Gasteiger charge is -2.14. The van der Waals surface area contributed by atoms with Gasteiger partial charge in [0.1, 0.15) is 6.04 Å². The fourth-order valence-electron chi connectivity index (χ4n) is 1.91. The number of hydrogen-bond donors (Lipinski definition) is 3. The predicted molar refractivity (Wildman–Crippen MR) is 81.1 cm³/mol. The smallest absolute Gasteiger partial charge is 0.321 e. The fraction of sp³-hybridized carbons (Fsp3) is 0.533. The quantitative estimate of drug-likeness (QED) is 0.574. The number of aliphatic carboxylic acids is 1. The van der Waals surface area contributed by atoms with Crippen LogP contribution in [-0.4, -0.2) is 34.6 Å². The summed E-state index contributed by atoms with van der Waals surface area (Å²) in [5.41, 5.74) is 0.564. The van der Waals surface area contributed by atoms with Gasteiger partial charge in [-0.1, -0.05) is 26.2 Å². The number of carboxylic acid groups (broad SMARTS) is 1. The molecule has 0 saturated heterocycles. The maximum atomic E-state index is 11.8. The van der Waals surface area contributed by atoms with Gasteiger partial charge in [0.15, 0.2) is 0 Å². The number of carbonyl (C=O) groups excluding carboxylic acids is 1. The largest absolute Gasteiger partial charge is 0.480 e. The van der Waals surface area contributed by atoms with Crippen LogP contribution in [0.1, 0.15) is 39.0 Å². The SMILES string of the molecule is CCCCCCNC(CC(=O)Nc1cccnc1)C(=O)O. The molecule has 1 aromatic heterocycles. The molecule has 21 heavy (non-hydrogen) atoms. The highest BCUT2D eigenvalue weighted by atomic mass is 16.4. The molecule has 0 aliphatic heterocycles. The molecule has 116 valence electrons. The summed E-state index contributed by atoms with van der Waals surface area (Å²) in [6.45, 7) is 2.73. The van der Waals surface area contributed by atoms with Gasteiger partial charge in [0, 0.05) is 6.20 Å². The Balaban J connectivity index is 2.36. The molecule has 1 rings (SSSR count). The van der Waals surface area contributed by atoms with Crippen molar-refractivity contribution in [2.45, 2.75) is 45.1 Å². The molecule has 0 saturated carbocycles. The molecule has 0 bridgehead atoms. The molecule has 0 fully saturated rings. The summed E-state index contributed by atoms with van der Waals surface area (Å²) in [6.07, 6.45) is 7.29. The Hall–Kier alpha value is -1.95. The van der Waals surface area contributed by atoms with E-state index in [1.165, 1.54) is 6.20 Å². The number of amides is 1. The van der Waals surface area contributed by atoms with E-state index in [0.29, 0.717) is 12.2 Å². The first kappa shape index (κ1) is 17.1. The molecule has 1 aromatic rings. The van der Waals surface area contributed by atoms with Gasteiger partial charge in [-0.3, -0.25) is 14.6 Å². The van der Waals surface area contributed by atoms with Gasteiger partial charge < -0.3 is 15.7 Å². The van der Waals surface area contributed by atoms with Crippen LogP contribution < -0.4 is 10.6 Å². The number of unbranched alkanes of at least 4 members (excludes halogenated alkanes) is 3. The van der Waals surface area contributed by atoms with Crippen LogP contribution in [0.3, 0.4) is 0 Å². The van der Waals surface area contributed by atoms with Gasteiger partial charge in [-0.15, -0.1) is 0 Å². The average Bonchev–Trinajstić information content (AvgIpc) is 2.46. The van der Waals surface area contributed by atoms with Crippen LogP contribution in [0.2, 0.25) is 0 Å². The van der Waals surface area contributed by atoms with Gasteiger partial charge >= 0.3 is 5.97 Å². The molecule has 0 radical (unpaired) electrons. The van der Waals surface area contributed by atoms with Crippen molar-refractivity contribution in [2.24, 2.45) is 0 Å². The Labute approximate surface area is 125 Å². The molecule has 6 nitrogen and oxygen atoms in total. The molecule has 1 heterocycles. The minimum atomic E-state index is -1.01. The maximum absolute atomic E-state index is 11.8. The Morgan fingerprint density at radius 3 is 2.76 bits per heavy atom. The molecule has 0 aromatic carbocycles. The summed E-state index contributed by atoms with van der Waals surface area (Å²) in [6, 6.07) is 2.55. The van der Waals surface area contributed by atoms with Crippen molar-refractivity contribution in [3.8, 4) is 0 Å².